The summed E-state index contributed by atoms with van der Waals surface area (Å²) in [5, 5.41) is 0.980. The summed E-state index contributed by atoms with van der Waals surface area (Å²) in [7, 11) is 0. The molecule has 0 aliphatic heterocycles. The molecule has 2 N–H and O–H groups in total. The number of aromatic nitrogens is 1. The Morgan fingerprint density at radius 3 is 2.76 bits per heavy atom. The molecule has 0 aliphatic carbocycles. The molecule has 1 aromatic heterocycles. The monoisotopic (exact) mass is 362 g/mol. The van der Waals surface area contributed by atoms with Gasteiger partial charge in [0.15, 0.2) is 0 Å². The van der Waals surface area contributed by atoms with E-state index in [9.17, 15) is 0 Å². The largest absolute Gasteiger partial charge is 0.493 e. The normalized spacial score (nSPS) is 9.81. The van der Waals surface area contributed by atoms with Gasteiger partial charge in [0.1, 0.15) is 10.8 Å². The Labute approximate surface area is 137 Å². The summed E-state index contributed by atoms with van der Waals surface area (Å²) in [5.74, 6) is 7.48. The number of rotatable bonds is 5. The van der Waals surface area contributed by atoms with Crippen molar-refractivity contribution in [2.45, 2.75) is 5.03 Å². The van der Waals surface area contributed by atoms with Crippen molar-refractivity contribution in [1.82, 2.24) is 4.98 Å². The highest BCUT2D eigenvalue weighted by Gasteiger charge is 2.01. The van der Waals surface area contributed by atoms with Crippen LogP contribution in [0.4, 0.5) is 0 Å². The first-order chi connectivity index (χ1) is 10.3. The average Bonchev–Trinajstić information content (AvgIpc) is 2.52. The molecule has 2 aromatic rings. The van der Waals surface area contributed by atoms with Gasteiger partial charge in [0.2, 0.25) is 0 Å². The summed E-state index contributed by atoms with van der Waals surface area (Å²) in [6.45, 7) is 1.00. The van der Waals surface area contributed by atoms with Crippen molar-refractivity contribution < 1.29 is 4.74 Å². The molecule has 0 fully saturated rings. The maximum atomic E-state index is 5.69. The smallest absolute Gasteiger partial charge is 0.119 e. The molecule has 1 aromatic carbocycles. The molecule has 5 heteroatoms. The van der Waals surface area contributed by atoms with Crippen LogP contribution in [0.15, 0.2) is 52.1 Å². The molecule has 0 amide bonds. The van der Waals surface area contributed by atoms with E-state index in [2.05, 4.69) is 32.8 Å². The van der Waals surface area contributed by atoms with Crippen LogP contribution in [0.25, 0.3) is 0 Å². The maximum absolute atomic E-state index is 5.69. The molecular weight excluding hydrogens is 348 g/mol. The molecule has 0 aliphatic rings. The standard InChI is InChI=1S/C16H15BrN2OS/c17-15-4-2-10-19-16(15)21-12-11-20-14-7-5-13(6-8-14)3-1-9-18/h2,4-8,10H,9,11-12,18H2. The zero-order chi connectivity index (χ0) is 14.9. The van der Waals surface area contributed by atoms with Crippen molar-refractivity contribution in [3.63, 3.8) is 0 Å². The maximum Gasteiger partial charge on any atom is 0.119 e. The van der Waals surface area contributed by atoms with Gasteiger partial charge in [0.25, 0.3) is 0 Å². The van der Waals surface area contributed by atoms with Gasteiger partial charge in [0, 0.05) is 22.0 Å². The number of pyridine rings is 1. The van der Waals surface area contributed by atoms with Crippen LogP contribution >= 0.6 is 27.7 Å². The fourth-order valence-electron chi connectivity index (χ4n) is 1.56. The van der Waals surface area contributed by atoms with Gasteiger partial charge in [-0.15, -0.1) is 11.8 Å². The number of ether oxygens (including phenoxy) is 1. The third-order valence-electron chi connectivity index (χ3n) is 2.50. The molecule has 0 spiro atoms. The molecule has 21 heavy (non-hydrogen) atoms. The van der Waals surface area contributed by atoms with Crippen LogP contribution in [0, 0.1) is 11.8 Å². The molecule has 108 valence electrons. The van der Waals surface area contributed by atoms with E-state index in [-0.39, 0.29) is 0 Å². The first kappa shape index (κ1) is 15.9. The average molecular weight is 363 g/mol. The van der Waals surface area contributed by atoms with Crippen LogP contribution in [0.3, 0.4) is 0 Å². The number of nitrogens with two attached hydrogens (primary N) is 1. The molecule has 2 rings (SSSR count). The Bertz CT molecular complexity index is 635. The van der Waals surface area contributed by atoms with Crippen molar-refractivity contribution >= 4 is 27.7 Å². The van der Waals surface area contributed by atoms with Crippen LogP contribution in [-0.4, -0.2) is 23.9 Å². The minimum absolute atomic E-state index is 0.374. The van der Waals surface area contributed by atoms with Crippen molar-refractivity contribution in [2.24, 2.45) is 5.73 Å². The summed E-state index contributed by atoms with van der Waals surface area (Å²) >= 11 is 5.14. The lowest BCUT2D eigenvalue weighted by Crippen LogP contribution is -2.00. The van der Waals surface area contributed by atoms with Crippen LogP contribution in [0.2, 0.25) is 0 Å². The van der Waals surface area contributed by atoms with Crippen molar-refractivity contribution in [2.75, 3.05) is 18.9 Å². The second kappa shape index (κ2) is 8.73. The van der Waals surface area contributed by atoms with Crippen molar-refractivity contribution in [3.05, 3.63) is 52.6 Å². The van der Waals surface area contributed by atoms with Gasteiger partial charge in [-0.25, -0.2) is 4.98 Å². The first-order valence-electron chi connectivity index (χ1n) is 6.44. The Kier molecular flexibility index (Phi) is 6.61. The third kappa shape index (κ3) is 5.43. The Morgan fingerprint density at radius 2 is 2.05 bits per heavy atom. The summed E-state index contributed by atoms with van der Waals surface area (Å²) in [5.41, 5.74) is 6.28. The van der Waals surface area contributed by atoms with Gasteiger partial charge >= 0.3 is 0 Å². The van der Waals surface area contributed by atoms with Gasteiger partial charge in [-0.1, -0.05) is 11.8 Å². The quantitative estimate of drug-likeness (QED) is 0.503. The van der Waals surface area contributed by atoms with E-state index >= 15 is 0 Å². The predicted molar refractivity (Wildman–Crippen MR) is 90.5 cm³/mol. The number of halogens is 1. The number of hydrogen-bond acceptors (Lipinski definition) is 4. The Morgan fingerprint density at radius 1 is 1.24 bits per heavy atom. The number of benzene rings is 1. The van der Waals surface area contributed by atoms with Crippen molar-refractivity contribution in [1.29, 1.82) is 0 Å². The van der Waals surface area contributed by atoms with Crippen LogP contribution in [-0.2, 0) is 0 Å². The summed E-state index contributed by atoms with van der Waals surface area (Å²) in [4.78, 5) is 4.30. The van der Waals surface area contributed by atoms with E-state index in [1.807, 2.05) is 36.4 Å². The number of hydrogen-bond donors (Lipinski definition) is 1. The molecule has 0 saturated heterocycles. The SMILES string of the molecule is NCC#Cc1ccc(OCCSc2ncccc2Br)cc1. The fraction of sp³-hybridized carbons (Fsp3) is 0.188. The van der Waals surface area contributed by atoms with Gasteiger partial charge in [0.05, 0.1) is 13.2 Å². The molecule has 3 nitrogen and oxygen atoms in total. The van der Waals surface area contributed by atoms with E-state index in [0.717, 1.165) is 26.6 Å². The highest BCUT2D eigenvalue weighted by molar-refractivity contribution is 9.10. The number of nitrogens with zero attached hydrogens (tertiary/aromatic N) is 1. The lowest BCUT2D eigenvalue weighted by atomic mass is 10.2. The molecule has 0 radical (unpaired) electrons. The fourth-order valence-corrected chi connectivity index (χ4v) is 2.86. The lowest BCUT2D eigenvalue weighted by molar-refractivity contribution is 0.344. The summed E-state index contributed by atoms with van der Waals surface area (Å²) < 4.78 is 6.70. The zero-order valence-electron chi connectivity index (χ0n) is 11.4. The predicted octanol–water partition coefficient (Wildman–Crippen LogP) is 3.33. The molecule has 1 heterocycles. The van der Waals surface area contributed by atoms with Gasteiger partial charge in [-0.2, -0.15) is 0 Å². The number of thioether (sulfide) groups is 1. The molecule has 0 saturated carbocycles. The summed E-state index contributed by atoms with van der Waals surface area (Å²) in [6.07, 6.45) is 1.79. The molecular formula is C16H15BrN2OS. The Hall–Kier alpha value is -1.48. The zero-order valence-corrected chi connectivity index (χ0v) is 13.8. The highest BCUT2D eigenvalue weighted by atomic mass is 79.9. The second-order valence-corrected chi connectivity index (χ2v) is 5.96. The molecule has 0 unspecified atom stereocenters. The summed E-state index contributed by atoms with van der Waals surface area (Å²) in [6, 6.07) is 11.6. The second-order valence-electron chi connectivity index (χ2n) is 4.02. The van der Waals surface area contributed by atoms with Crippen LogP contribution < -0.4 is 10.5 Å². The molecule has 0 atom stereocenters. The first-order valence-corrected chi connectivity index (χ1v) is 8.22. The van der Waals surface area contributed by atoms with E-state index in [0.29, 0.717) is 13.2 Å². The van der Waals surface area contributed by atoms with Gasteiger partial charge < -0.3 is 10.5 Å². The topological polar surface area (TPSA) is 48.1 Å². The minimum atomic E-state index is 0.374. The van der Waals surface area contributed by atoms with E-state index in [1.165, 1.54) is 0 Å². The van der Waals surface area contributed by atoms with Gasteiger partial charge in [-0.05, 0) is 52.3 Å². The van der Waals surface area contributed by atoms with E-state index in [4.69, 9.17) is 10.5 Å². The minimum Gasteiger partial charge on any atom is -0.493 e. The van der Waals surface area contributed by atoms with Gasteiger partial charge in [-0.3, -0.25) is 0 Å². The third-order valence-corrected chi connectivity index (χ3v) is 4.38. The molecule has 0 bridgehead atoms. The van der Waals surface area contributed by atoms with Crippen molar-refractivity contribution in [3.8, 4) is 17.6 Å². The van der Waals surface area contributed by atoms with E-state index in [1.54, 1.807) is 18.0 Å². The van der Waals surface area contributed by atoms with Crippen LogP contribution in [0.5, 0.6) is 5.75 Å². The lowest BCUT2D eigenvalue weighted by Gasteiger charge is -2.06. The van der Waals surface area contributed by atoms with Crippen LogP contribution in [0.1, 0.15) is 5.56 Å². The van der Waals surface area contributed by atoms with E-state index < -0.39 is 0 Å². The highest BCUT2D eigenvalue weighted by Crippen LogP contribution is 2.24. The Balaban J connectivity index is 1.77.